The lowest BCUT2D eigenvalue weighted by molar-refractivity contribution is -0.0923. The number of carbonyl (C=O) groups excluding carboxylic acids is 1. The summed E-state index contributed by atoms with van der Waals surface area (Å²) in [7, 11) is 0. The van der Waals surface area contributed by atoms with Crippen LogP contribution in [0.5, 0.6) is 0 Å². The first-order chi connectivity index (χ1) is 16.3. The van der Waals surface area contributed by atoms with Crippen LogP contribution in [0.2, 0.25) is 0 Å². The molecule has 5 rings (SSSR count). The number of rotatable bonds is 4. The fourth-order valence-corrected chi connectivity index (χ4v) is 4.62. The Morgan fingerprint density at radius 1 is 1.29 bits per heavy atom. The van der Waals surface area contributed by atoms with Crippen molar-refractivity contribution >= 4 is 22.8 Å². The fraction of sp³-hybridized carbons (Fsp3) is 0.455. The molecule has 2 saturated heterocycles. The number of amides is 1. The number of hydrogen-bond donors (Lipinski definition) is 4. The molecule has 4 heterocycles. The number of hydrogen-bond acceptors (Lipinski definition) is 8. The molecule has 0 aliphatic carbocycles. The third-order valence-electron chi connectivity index (χ3n) is 6.39. The van der Waals surface area contributed by atoms with Crippen molar-refractivity contribution in [3.63, 3.8) is 0 Å². The van der Waals surface area contributed by atoms with Gasteiger partial charge in [-0.3, -0.25) is 9.89 Å². The monoisotopic (exact) mass is 474 g/mol. The minimum Gasteiger partial charge on any atom is -0.388 e. The van der Waals surface area contributed by atoms with E-state index in [4.69, 9.17) is 4.74 Å². The van der Waals surface area contributed by atoms with Crippen LogP contribution in [0.4, 0.5) is 14.6 Å². The number of nitrogens with one attached hydrogen (secondary N) is 2. The maximum absolute atomic E-state index is 14.5. The van der Waals surface area contributed by atoms with Gasteiger partial charge >= 0.3 is 0 Å². The highest BCUT2D eigenvalue weighted by Crippen LogP contribution is 2.37. The molecule has 0 saturated carbocycles. The van der Waals surface area contributed by atoms with E-state index < -0.39 is 42.2 Å². The van der Waals surface area contributed by atoms with E-state index in [1.807, 2.05) is 0 Å². The van der Waals surface area contributed by atoms with Gasteiger partial charge in [0, 0.05) is 6.42 Å². The Morgan fingerprint density at radius 3 is 2.94 bits per heavy atom. The summed E-state index contributed by atoms with van der Waals surface area (Å²) in [5.74, 6) is -0.786. The molecule has 0 radical (unpaired) electrons. The zero-order valence-electron chi connectivity index (χ0n) is 18.3. The summed E-state index contributed by atoms with van der Waals surface area (Å²) in [4.78, 5) is 23.2. The summed E-state index contributed by atoms with van der Waals surface area (Å²) in [6.45, 7) is 1.75. The first-order valence-corrected chi connectivity index (χ1v) is 10.9. The normalized spacial score (nSPS) is 27.3. The number of aliphatic hydroxyl groups excluding tert-OH is 2. The van der Waals surface area contributed by atoms with Gasteiger partial charge in [0.15, 0.2) is 5.65 Å². The van der Waals surface area contributed by atoms with E-state index in [2.05, 4.69) is 25.5 Å². The van der Waals surface area contributed by atoms with E-state index in [0.29, 0.717) is 5.56 Å². The van der Waals surface area contributed by atoms with Crippen LogP contribution in [0.3, 0.4) is 0 Å². The third kappa shape index (κ3) is 3.97. The quantitative estimate of drug-likeness (QED) is 0.444. The number of alkyl halides is 1. The number of aromatic amines is 1. The number of benzene rings is 1. The van der Waals surface area contributed by atoms with Gasteiger partial charge in [0.1, 0.15) is 42.0 Å². The summed E-state index contributed by atoms with van der Waals surface area (Å²) in [6.07, 6.45) is -2.16. The lowest BCUT2D eigenvalue weighted by atomic mass is 9.98. The van der Waals surface area contributed by atoms with Crippen LogP contribution in [-0.4, -0.2) is 85.4 Å². The van der Waals surface area contributed by atoms with Crippen LogP contribution in [0.1, 0.15) is 34.1 Å². The second kappa shape index (κ2) is 8.85. The molecule has 34 heavy (non-hydrogen) atoms. The number of H-pyrrole nitrogens is 1. The topological polar surface area (TPSA) is 136 Å². The largest absolute Gasteiger partial charge is 0.388 e. The maximum atomic E-state index is 14.5. The molecule has 0 spiro atoms. The zero-order chi connectivity index (χ0) is 24.0. The van der Waals surface area contributed by atoms with Gasteiger partial charge in [0.05, 0.1) is 37.2 Å². The molecule has 2 aromatic heterocycles. The average molecular weight is 474 g/mol. The van der Waals surface area contributed by atoms with Crippen molar-refractivity contribution in [1.82, 2.24) is 25.1 Å². The number of ether oxygens (including phenoxy) is 1. The molecular weight excluding hydrogens is 450 g/mol. The molecule has 0 bridgehead atoms. The van der Waals surface area contributed by atoms with E-state index in [1.54, 1.807) is 13.0 Å². The predicted octanol–water partition coefficient (Wildman–Crippen LogP) is 1.26. The van der Waals surface area contributed by atoms with Gasteiger partial charge < -0.3 is 25.2 Å². The second-order valence-corrected chi connectivity index (χ2v) is 8.67. The third-order valence-corrected chi connectivity index (χ3v) is 6.39. The minimum atomic E-state index is -1.27. The Kier molecular flexibility index (Phi) is 5.88. The minimum absolute atomic E-state index is 0.00816. The smallest absolute Gasteiger partial charge is 0.273 e. The van der Waals surface area contributed by atoms with Crippen LogP contribution in [0.15, 0.2) is 24.5 Å². The van der Waals surface area contributed by atoms with Gasteiger partial charge in [-0.05, 0) is 30.2 Å². The SMILES string of the molecule is Cc1ccc(F)cc1[C@H]1C[C@H](F)CN1C(=O)c1[nH]nc2ncnc(N[C@@H]3COC[C@@H](O)[C@H]3O)c12. The van der Waals surface area contributed by atoms with Crippen LogP contribution in [0.25, 0.3) is 11.0 Å². The summed E-state index contributed by atoms with van der Waals surface area (Å²) in [5, 5.41) is 30.2. The average Bonchev–Trinajstić information content (AvgIpc) is 3.42. The lowest BCUT2D eigenvalue weighted by Gasteiger charge is -2.32. The molecule has 0 unspecified atom stereocenters. The molecule has 180 valence electrons. The van der Waals surface area contributed by atoms with Gasteiger partial charge in [-0.15, -0.1) is 0 Å². The fourth-order valence-electron chi connectivity index (χ4n) is 4.62. The number of halogens is 2. The molecule has 2 aliphatic rings. The number of anilines is 1. The van der Waals surface area contributed by atoms with E-state index in [0.717, 1.165) is 5.56 Å². The lowest BCUT2D eigenvalue weighted by Crippen LogP contribution is -2.51. The van der Waals surface area contributed by atoms with Gasteiger partial charge in [-0.25, -0.2) is 18.7 Å². The number of likely N-dealkylation sites (tertiary alicyclic amines) is 1. The first-order valence-electron chi connectivity index (χ1n) is 10.9. The number of aliphatic hydroxyl groups is 2. The van der Waals surface area contributed by atoms with E-state index >= 15 is 0 Å². The van der Waals surface area contributed by atoms with Crippen molar-refractivity contribution < 1.29 is 28.5 Å². The molecule has 1 amide bonds. The van der Waals surface area contributed by atoms with Crippen LogP contribution >= 0.6 is 0 Å². The van der Waals surface area contributed by atoms with Crippen molar-refractivity contribution in [1.29, 1.82) is 0 Å². The van der Waals surface area contributed by atoms with E-state index in [9.17, 15) is 23.8 Å². The molecule has 4 N–H and O–H groups in total. The Balaban J connectivity index is 1.50. The molecule has 2 aliphatic heterocycles. The van der Waals surface area contributed by atoms with E-state index in [1.165, 1.54) is 23.4 Å². The predicted molar refractivity (Wildman–Crippen MR) is 116 cm³/mol. The van der Waals surface area contributed by atoms with Gasteiger partial charge in [0.25, 0.3) is 5.91 Å². The summed E-state index contributed by atoms with van der Waals surface area (Å²) in [6, 6.07) is 2.91. The molecule has 2 fully saturated rings. The molecule has 5 atom stereocenters. The van der Waals surface area contributed by atoms with Crippen molar-refractivity contribution in [3.05, 3.63) is 47.2 Å². The highest BCUT2D eigenvalue weighted by molar-refractivity contribution is 6.07. The van der Waals surface area contributed by atoms with Crippen molar-refractivity contribution in [2.45, 2.75) is 43.8 Å². The highest BCUT2D eigenvalue weighted by Gasteiger charge is 2.39. The van der Waals surface area contributed by atoms with Crippen LogP contribution in [-0.2, 0) is 4.74 Å². The van der Waals surface area contributed by atoms with Crippen molar-refractivity contribution in [3.8, 4) is 0 Å². The second-order valence-electron chi connectivity index (χ2n) is 8.67. The number of nitrogens with zero attached hydrogens (tertiary/aromatic N) is 4. The number of fused-ring (bicyclic) bond motifs is 1. The van der Waals surface area contributed by atoms with Crippen LogP contribution in [0, 0.1) is 12.7 Å². The Bertz CT molecular complexity index is 1220. The number of aromatic nitrogens is 4. The molecule has 3 aromatic rings. The molecule has 10 nitrogen and oxygen atoms in total. The number of aryl methyl sites for hydroxylation is 1. The van der Waals surface area contributed by atoms with E-state index in [-0.39, 0.29) is 48.7 Å². The maximum Gasteiger partial charge on any atom is 0.273 e. The highest BCUT2D eigenvalue weighted by atomic mass is 19.1. The Morgan fingerprint density at radius 2 is 2.12 bits per heavy atom. The Hall–Kier alpha value is -3.22. The first kappa shape index (κ1) is 22.6. The molecule has 1 aromatic carbocycles. The van der Waals surface area contributed by atoms with Gasteiger partial charge in [0.2, 0.25) is 0 Å². The van der Waals surface area contributed by atoms with Crippen molar-refractivity contribution in [2.75, 3.05) is 25.1 Å². The zero-order valence-corrected chi connectivity index (χ0v) is 18.3. The standard InChI is InChI=1S/C22H24F2N6O4/c1-10-2-3-11(23)4-13(10)15-5-12(24)6-30(15)22(33)18-17-20(25-9-26-21(17)29-28-18)27-14-7-34-8-16(31)19(14)32/h2-4,9,12,14-16,19,31-32H,5-8H2,1H3,(H2,25,26,27,28,29)/t12-,14+,15+,16+,19-/m0/s1. The van der Waals surface area contributed by atoms with Crippen molar-refractivity contribution in [2.24, 2.45) is 0 Å². The van der Waals surface area contributed by atoms with Crippen LogP contribution < -0.4 is 5.32 Å². The summed E-state index contributed by atoms with van der Waals surface area (Å²) in [5.41, 5.74) is 1.53. The van der Waals surface area contributed by atoms with Gasteiger partial charge in [-0.1, -0.05) is 6.07 Å². The Labute approximate surface area is 193 Å². The number of carbonyl (C=O) groups is 1. The molecular formula is C22H24F2N6O4. The summed E-state index contributed by atoms with van der Waals surface area (Å²) >= 11 is 0. The summed E-state index contributed by atoms with van der Waals surface area (Å²) < 4.78 is 33.8. The van der Waals surface area contributed by atoms with Gasteiger partial charge in [-0.2, -0.15) is 5.10 Å². The molecule has 12 heteroatoms.